The number of rotatable bonds is 5. The molecule has 0 aromatic carbocycles. The summed E-state index contributed by atoms with van der Waals surface area (Å²) in [6, 6.07) is 2.01. The molecule has 0 spiro atoms. The van der Waals surface area contributed by atoms with E-state index in [1.165, 1.54) is 6.26 Å². The summed E-state index contributed by atoms with van der Waals surface area (Å²) in [4.78, 5) is 10.8. The molecule has 2 aromatic rings. The van der Waals surface area contributed by atoms with Crippen LogP contribution in [0.3, 0.4) is 0 Å². The first-order valence-corrected chi connectivity index (χ1v) is 9.24. The molecule has 0 unspecified atom stereocenters. The minimum atomic E-state index is -3.16. The van der Waals surface area contributed by atoms with Crippen LogP contribution in [0.15, 0.2) is 6.07 Å². The molecule has 0 fully saturated rings. The van der Waals surface area contributed by atoms with E-state index >= 15 is 0 Å². The molecule has 6 nitrogen and oxygen atoms in total. The Bertz CT molecular complexity index is 766. The van der Waals surface area contributed by atoms with Crippen molar-refractivity contribution in [3.63, 3.8) is 0 Å². The number of nitrogens with one attached hydrogen (secondary N) is 2. The maximum Gasteiger partial charge on any atom is 0.225 e. The van der Waals surface area contributed by atoms with Crippen LogP contribution in [0.1, 0.15) is 18.7 Å². The van der Waals surface area contributed by atoms with E-state index in [9.17, 15) is 8.42 Å². The van der Waals surface area contributed by atoms with Crippen LogP contribution >= 0.6 is 11.3 Å². The van der Waals surface area contributed by atoms with Gasteiger partial charge in [0.2, 0.25) is 5.95 Å². The summed E-state index contributed by atoms with van der Waals surface area (Å²) >= 11 is 1.59. The highest BCUT2D eigenvalue weighted by Crippen LogP contribution is 2.30. The Labute approximate surface area is 128 Å². The van der Waals surface area contributed by atoms with E-state index in [1.807, 2.05) is 13.0 Å². The van der Waals surface area contributed by atoms with Crippen LogP contribution in [0.25, 0.3) is 10.2 Å². The summed E-state index contributed by atoms with van der Waals surface area (Å²) in [5, 5.41) is 7.00. The maximum absolute atomic E-state index is 11.8. The van der Waals surface area contributed by atoms with Crippen molar-refractivity contribution in [2.75, 3.05) is 30.5 Å². The highest BCUT2D eigenvalue weighted by Gasteiger charge is 2.30. The Morgan fingerprint density at radius 1 is 1.33 bits per heavy atom. The largest absolute Gasteiger partial charge is 0.368 e. The highest BCUT2D eigenvalue weighted by molar-refractivity contribution is 7.92. The summed E-state index contributed by atoms with van der Waals surface area (Å²) in [6.45, 7) is 5.70. The molecule has 2 rings (SSSR count). The third kappa shape index (κ3) is 3.26. The molecule has 0 aliphatic rings. The van der Waals surface area contributed by atoms with Gasteiger partial charge in [0.25, 0.3) is 0 Å². The summed E-state index contributed by atoms with van der Waals surface area (Å²) in [5.74, 6) is 1.18. The smallest absolute Gasteiger partial charge is 0.225 e. The van der Waals surface area contributed by atoms with Crippen LogP contribution in [0.5, 0.6) is 0 Å². The standard InChI is InChI=1S/C13H20N4O2S2/c1-8-6-9-10(15-7-13(2,3)21(5,18)19)16-12(14-4)17-11(9)20-8/h6H,7H2,1-5H3,(H2,14,15,16,17). The number of thiophene rings is 1. The zero-order chi connectivity index (χ0) is 15.8. The fourth-order valence-corrected chi connectivity index (χ4v) is 2.93. The lowest BCUT2D eigenvalue weighted by Crippen LogP contribution is -2.38. The Hall–Kier alpha value is -1.41. The van der Waals surface area contributed by atoms with Gasteiger partial charge in [-0.3, -0.25) is 0 Å². The highest BCUT2D eigenvalue weighted by atomic mass is 32.2. The number of aromatic nitrogens is 2. The van der Waals surface area contributed by atoms with E-state index in [-0.39, 0.29) is 6.54 Å². The lowest BCUT2D eigenvalue weighted by Gasteiger charge is -2.23. The summed E-state index contributed by atoms with van der Waals surface area (Å²) in [6.07, 6.45) is 1.25. The predicted molar refractivity (Wildman–Crippen MR) is 89.1 cm³/mol. The summed E-state index contributed by atoms with van der Waals surface area (Å²) < 4.78 is 22.7. The van der Waals surface area contributed by atoms with Crippen molar-refractivity contribution in [1.82, 2.24) is 9.97 Å². The normalized spacial score (nSPS) is 12.6. The first-order chi connectivity index (χ1) is 9.64. The average Bonchev–Trinajstić information content (AvgIpc) is 2.74. The second kappa shape index (κ2) is 5.42. The average molecular weight is 328 g/mol. The van der Waals surface area contributed by atoms with Gasteiger partial charge in [0, 0.05) is 24.7 Å². The number of fused-ring (bicyclic) bond motifs is 1. The minimum Gasteiger partial charge on any atom is -0.368 e. The van der Waals surface area contributed by atoms with Crippen LogP contribution in [0.4, 0.5) is 11.8 Å². The Morgan fingerprint density at radius 3 is 2.57 bits per heavy atom. The van der Waals surface area contributed by atoms with Gasteiger partial charge >= 0.3 is 0 Å². The second-order valence-electron chi connectivity index (χ2n) is 5.61. The van der Waals surface area contributed by atoms with Gasteiger partial charge in [-0.2, -0.15) is 4.98 Å². The van der Waals surface area contributed by atoms with Crippen LogP contribution in [-0.4, -0.2) is 43.0 Å². The van der Waals surface area contributed by atoms with E-state index < -0.39 is 14.6 Å². The third-order valence-corrected chi connectivity index (χ3v) is 6.52. The Morgan fingerprint density at radius 2 is 2.00 bits per heavy atom. The van der Waals surface area contributed by atoms with Crippen molar-refractivity contribution in [2.24, 2.45) is 0 Å². The van der Waals surface area contributed by atoms with E-state index in [0.717, 1.165) is 15.1 Å². The van der Waals surface area contributed by atoms with Gasteiger partial charge in [0.05, 0.1) is 10.1 Å². The van der Waals surface area contributed by atoms with Crippen LogP contribution in [-0.2, 0) is 9.84 Å². The number of sulfone groups is 1. The molecule has 2 N–H and O–H groups in total. The molecule has 116 valence electrons. The molecular weight excluding hydrogens is 308 g/mol. The van der Waals surface area contributed by atoms with Gasteiger partial charge < -0.3 is 10.6 Å². The molecule has 0 bridgehead atoms. The van der Waals surface area contributed by atoms with Crippen molar-refractivity contribution in [2.45, 2.75) is 25.5 Å². The zero-order valence-corrected chi connectivity index (χ0v) is 14.4. The van der Waals surface area contributed by atoms with Crippen molar-refractivity contribution in [3.8, 4) is 0 Å². The zero-order valence-electron chi connectivity index (χ0n) is 12.8. The maximum atomic E-state index is 11.8. The fourth-order valence-electron chi connectivity index (χ4n) is 1.72. The van der Waals surface area contributed by atoms with Gasteiger partial charge in [-0.15, -0.1) is 11.3 Å². The quantitative estimate of drug-likeness (QED) is 0.876. The molecule has 0 aliphatic carbocycles. The molecule has 0 radical (unpaired) electrons. The number of hydrogen-bond acceptors (Lipinski definition) is 7. The molecule has 0 saturated heterocycles. The monoisotopic (exact) mass is 328 g/mol. The topological polar surface area (TPSA) is 84.0 Å². The van der Waals surface area contributed by atoms with Gasteiger partial charge in [0.15, 0.2) is 9.84 Å². The van der Waals surface area contributed by atoms with E-state index in [1.54, 1.807) is 32.2 Å². The Kier molecular flexibility index (Phi) is 4.12. The van der Waals surface area contributed by atoms with Crippen molar-refractivity contribution in [3.05, 3.63) is 10.9 Å². The molecular formula is C13H20N4O2S2. The SMILES string of the molecule is CNc1nc(NCC(C)(C)S(C)(=O)=O)c2cc(C)sc2n1. The molecule has 0 atom stereocenters. The number of nitrogens with zero attached hydrogens (tertiary/aromatic N) is 2. The van der Waals surface area contributed by atoms with Gasteiger partial charge in [-0.25, -0.2) is 13.4 Å². The molecule has 0 aliphatic heterocycles. The number of aryl methyl sites for hydroxylation is 1. The predicted octanol–water partition coefficient (Wildman–Crippen LogP) is 2.28. The molecule has 21 heavy (non-hydrogen) atoms. The van der Waals surface area contributed by atoms with E-state index in [4.69, 9.17) is 0 Å². The molecule has 0 saturated carbocycles. The van der Waals surface area contributed by atoms with Crippen molar-refractivity contribution in [1.29, 1.82) is 0 Å². The molecule has 2 aromatic heterocycles. The lowest BCUT2D eigenvalue weighted by atomic mass is 10.2. The van der Waals surface area contributed by atoms with Crippen molar-refractivity contribution < 1.29 is 8.42 Å². The number of anilines is 2. The fraction of sp³-hybridized carbons (Fsp3) is 0.538. The van der Waals surface area contributed by atoms with Crippen LogP contribution < -0.4 is 10.6 Å². The first kappa shape index (κ1) is 16.0. The molecule has 0 amide bonds. The first-order valence-electron chi connectivity index (χ1n) is 6.53. The van der Waals surface area contributed by atoms with E-state index in [0.29, 0.717) is 11.8 Å². The lowest BCUT2D eigenvalue weighted by molar-refractivity contribution is 0.559. The molecule has 8 heteroatoms. The summed E-state index contributed by atoms with van der Waals surface area (Å²) in [5.41, 5.74) is 0. The van der Waals surface area contributed by atoms with Crippen LogP contribution in [0.2, 0.25) is 0 Å². The van der Waals surface area contributed by atoms with Crippen molar-refractivity contribution >= 4 is 43.2 Å². The van der Waals surface area contributed by atoms with E-state index in [2.05, 4.69) is 20.6 Å². The summed E-state index contributed by atoms with van der Waals surface area (Å²) in [7, 11) is -1.40. The van der Waals surface area contributed by atoms with Gasteiger partial charge in [-0.05, 0) is 26.8 Å². The van der Waals surface area contributed by atoms with Gasteiger partial charge in [-0.1, -0.05) is 0 Å². The third-order valence-electron chi connectivity index (χ3n) is 3.42. The second-order valence-corrected chi connectivity index (χ2v) is 9.49. The number of hydrogen-bond donors (Lipinski definition) is 2. The minimum absolute atomic E-state index is 0.288. The van der Waals surface area contributed by atoms with Crippen LogP contribution in [0, 0.1) is 6.92 Å². The Balaban J connectivity index is 2.38. The van der Waals surface area contributed by atoms with Gasteiger partial charge in [0.1, 0.15) is 10.6 Å². The molecule has 2 heterocycles.